The molecular weight excluding hydrogens is 411 g/mol. The Morgan fingerprint density at radius 3 is 2.30 bits per heavy atom. The van der Waals surface area contributed by atoms with E-state index in [1.54, 1.807) is 0 Å². The molecule has 0 fully saturated rings. The summed E-state index contributed by atoms with van der Waals surface area (Å²) in [5, 5.41) is 2.79. The first-order chi connectivity index (χ1) is 14.2. The largest absolute Gasteiger partial charge is 0.493 e. The van der Waals surface area contributed by atoms with E-state index >= 15 is 0 Å². The summed E-state index contributed by atoms with van der Waals surface area (Å²) in [5.74, 6) is -0.359. The van der Waals surface area contributed by atoms with Gasteiger partial charge < -0.3 is 14.8 Å². The topological polar surface area (TPSA) is 84.9 Å². The van der Waals surface area contributed by atoms with Crippen LogP contribution >= 0.6 is 0 Å². The number of halogens is 1. The van der Waals surface area contributed by atoms with Crippen LogP contribution in [-0.4, -0.2) is 41.1 Å². The van der Waals surface area contributed by atoms with Crippen molar-refractivity contribution in [2.45, 2.75) is 37.6 Å². The number of anilines is 1. The average Bonchev–Trinajstić information content (AvgIpc) is 2.72. The summed E-state index contributed by atoms with van der Waals surface area (Å²) in [7, 11) is -1.31. The highest BCUT2D eigenvalue weighted by Gasteiger charge is 2.28. The summed E-state index contributed by atoms with van der Waals surface area (Å²) in [6, 6.07) is 8.98. The molecule has 1 amide bonds. The predicted molar refractivity (Wildman–Crippen MR) is 113 cm³/mol. The van der Waals surface area contributed by atoms with Crippen molar-refractivity contribution in [3.05, 3.63) is 48.3 Å². The Kier molecular flexibility index (Phi) is 8.05. The van der Waals surface area contributed by atoms with Gasteiger partial charge in [-0.25, -0.2) is 12.8 Å². The molecular formula is C21H27FN2O5S. The quantitative estimate of drug-likeness (QED) is 0.615. The van der Waals surface area contributed by atoms with E-state index in [0.29, 0.717) is 5.75 Å². The molecule has 0 aliphatic carbocycles. The summed E-state index contributed by atoms with van der Waals surface area (Å²) in [5.41, 5.74) is 0.171. The summed E-state index contributed by atoms with van der Waals surface area (Å²) in [6.45, 7) is 3.40. The molecule has 1 atom stereocenters. The highest BCUT2D eigenvalue weighted by molar-refractivity contribution is 7.92. The summed E-state index contributed by atoms with van der Waals surface area (Å²) in [4.78, 5) is 12.5. The van der Waals surface area contributed by atoms with Crippen LogP contribution in [0.2, 0.25) is 0 Å². The smallest absolute Gasteiger partial charge is 0.264 e. The van der Waals surface area contributed by atoms with Gasteiger partial charge >= 0.3 is 0 Å². The molecule has 1 N–H and O–H groups in total. The molecule has 2 aromatic rings. The van der Waals surface area contributed by atoms with Crippen molar-refractivity contribution in [2.75, 3.05) is 25.1 Å². The second-order valence-electron chi connectivity index (χ2n) is 6.76. The molecule has 0 spiro atoms. The summed E-state index contributed by atoms with van der Waals surface area (Å²) in [6.07, 6.45) is 1.65. The molecule has 0 saturated carbocycles. The fraction of sp³-hybridized carbons (Fsp3) is 0.381. The standard InChI is InChI=1S/C21H27FN2O5S/c1-5-6-15(2)23-21(25)14-24(17-9-7-16(22)8-10-17)30(26,27)18-11-12-19(28-3)20(13-18)29-4/h7-13,15H,5-6,14H2,1-4H3,(H,23,25)/t15-/m0/s1. The van der Waals surface area contributed by atoms with E-state index in [1.807, 2.05) is 13.8 Å². The Morgan fingerprint density at radius 2 is 1.73 bits per heavy atom. The fourth-order valence-electron chi connectivity index (χ4n) is 2.98. The lowest BCUT2D eigenvalue weighted by Gasteiger charge is -2.25. The van der Waals surface area contributed by atoms with Gasteiger partial charge in [-0.05, 0) is 49.7 Å². The van der Waals surface area contributed by atoms with Gasteiger partial charge in [0.15, 0.2) is 11.5 Å². The molecule has 0 unspecified atom stereocenters. The molecule has 0 radical (unpaired) electrons. The van der Waals surface area contributed by atoms with E-state index in [4.69, 9.17) is 9.47 Å². The summed E-state index contributed by atoms with van der Waals surface area (Å²) >= 11 is 0. The maximum Gasteiger partial charge on any atom is 0.264 e. The second kappa shape index (κ2) is 10.3. The van der Waals surface area contributed by atoms with Crippen LogP contribution in [0.5, 0.6) is 11.5 Å². The van der Waals surface area contributed by atoms with Crippen molar-refractivity contribution in [2.24, 2.45) is 0 Å². The van der Waals surface area contributed by atoms with Crippen molar-refractivity contribution >= 4 is 21.6 Å². The van der Waals surface area contributed by atoms with Gasteiger partial charge in [-0.2, -0.15) is 0 Å². The highest BCUT2D eigenvalue weighted by Crippen LogP contribution is 2.32. The number of amides is 1. The van der Waals surface area contributed by atoms with Crippen molar-refractivity contribution in [3.63, 3.8) is 0 Å². The molecule has 9 heteroatoms. The highest BCUT2D eigenvalue weighted by atomic mass is 32.2. The predicted octanol–water partition coefficient (Wildman–Crippen LogP) is 3.34. The number of carbonyl (C=O) groups excluding carboxylic acids is 1. The maximum atomic E-state index is 13.4. The number of methoxy groups -OCH3 is 2. The zero-order chi connectivity index (χ0) is 22.3. The third kappa shape index (κ3) is 5.63. The van der Waals surface area contributed by atoms with E-state index in [0.717, 1.165) is 29.3 Å². The van der Waals surface area contributed by atoms with Crippen LogP contribution in [0.15, 0.2) is 47.4 Å². The maximum absolute atomic E-state index is 13.4. The molecule has 0 heterocycles. The van der Waals surface area contributed by atoms with Crippen LogP contribution in [0.3, 0.4) is 0 Å². The fourth-order valence-corrected chi connectivity index (χ4v) is 4.42. The van der Waals surface area contributed by atoms with Gasteiger partial charge in [0.05, 0.1) is 24.8 Å². The van der Waals surface area contributed by atoms with Crippen molar-refractivity contribution in [1.82, 2.24) is 5.32 Å². The second-order valence-corrected chi connectivity index (χ2v) is 8.62. The van der Waals surface area contributed by atoms with Gasteiger partial charge in [0, 0.05) is 12.1 Å². The van der Waals surface area contributed by atoms with Crippen molar-refractivity contribution < 1.29 is 27.1 Å². The average molecular weight is 439 g/mol. The van der Waals surface area contributed by atoms with E-state index in [2.05, 4.69) is 5.32 Å². The third-order valence-electron chi connectivity index (χ3n) is 4.47. The summed E-state index contributed by atoms with van der Waals surface area (Å²) < 4.78 is 51.5. The van der Waals surface area contributed by atoms with Gasteiger partial charge in [0.25, 0.3) is 10.0 Å². The first-order valence-electron chi connectivity index (χ1n) is 9.52. The van der Waals surface area contributed by atoms with E-state index in [9.17, 15) is 17.6 Å². The van der Waals surface area contributed by atoms with Crippen LogP contribution < -0.4 is 19.1 Å². The van der Waals surface area contributed by atoms with E-state index in [1.165, 1.54) is 44.6 Å². The SMILES string of the molecule is CCC[C@H](C)NC(=O)CN(c1ccc(F)cc1)S(=O)(=O)c1ccc(OC)c(OC)c1. The lowest BCUT2D eigenvalue weighted by molar-refractivity contribution is -0.120. The van der Waals surface area contributed by atoms with Crippen molar-refractivity contribution in [1.29, 1.82) is 0 Å². The van der Waals surface area contributed by atoms with Gasteiger partial charge in [0.1, 0.15) is 12.4 Å². The van der Waals surface area contributed by atoms with Gasteiger partial charge in [-0.15, -0.1) is 0 Å². The first-order valence-corrected chi connectivity index (χ1v) is 11.0. The number of carbonyl (C=O) groups is 1. The van der Waals surface area contributed by atoms with Crippen molar-refractivity contribution in [3.8, 4) is 11.5 Å². The number of rotatable bonds is 10. The molecule has 0 aromatic heterocycles. The van der Waals surface area contributed by atoms with Crippen LogP contribution in [0.1, 0.15) is 26.7 Å². The molecule has 30 heavy (non-hydrogen) atoms. The number of nitrogens with zero attached hydrogens (tertiary/aromatic N) is 1. The Balaban J connectivity index is 2.44. The van der Waals surface area contributed by atoms with Crippen LogP contribution in [0.4, 0.5) is 10.1 Å². The monoisotopic (exact) mass is 438 g/mol. The third-order valence-corrected chi connectivity index (χ3v) is 6.24. The molecule has 2 rings (SSSR count). The Labute approximate surface area is 176 Å². The van der Waals surface area contributed by atoms with Crippen LogP contribution in [0, 0.1) is 5.82 Å². The number of hydrogen-bond donors (Lipinski definition) is 1. The van der Waals surface area contributed by atoms with E-state index in [-0.39, 0.29) is 22.4 Å². The number of sulfonamides is 1. The lowest BCUT2D eigenvalue weighted by atomic mass is 10.2. The van der Waals surface area contributed by atoms with E-state index < -0.39 is 28.3 Å². The molecule has 164 valence electrons. The normalized spacial score (nSPS) is 12.2. The Morgan fingerprint density at radius 1 is 1.10 bits per heavy atom. The first kappa shape index (κ1) is 23.5. The van der Waals surface area contributed by atoms with Gasteiger partial charge in [0.2, 0.25) is 5.91 Å². The number of ether oxygens (including phenoxy) is 2. The molecule has 0 aliphatic rings. The number of nitrogens with one attached hydrogen (secondary N) is 1. The van der Waals surface area contributed by atoms with Crippen LogP contribution in [-0.2, 0) is 14.8 Å². The number of hydrogen-bond acceptors (Lipinski definition) is 5. The molecule has 0 aliphatic heterocycles. The zero-order valence-corrected chi connectivity index (χ0v) is 18.3. The minimum Gasteiger partial charge on any atom is -0.493 e. The van der Waals surface area contributed by atoms with Crippen LogP contribution in [0.25, 0.3) is 0 Å². The minimum atomic E-state index is -4.15. The minimum absolute atomic E-state index is 0.0844. The lowest BCUT2D eigenvalue weighted by Crippen LogP contribution is -2.43. The molecule has 7 nitrogen and oxygen atoms in total. The Bertz CT molecular complexity index is 964. The molecule has 0 bridgehead atoms. The number of benzene rings is 2. The zero-order valence-electron chi connectivity index (χ0n) is 17.5. The van der Waals surface area contributed by atoms with Gasteiger partial charge in [-0.1, -0.05) is 13.3 Å². The molecule has 0 saturated heterocycles. The Hall–Kier alpha value is -2.81. The van der Waals surface area contributed by atoms with Gasteiger partial charge in [-0.3, -0.25) is 9.10 Å². The molecule has 2 aromatic carbocycles.